The number of Topliss-reactive ketones (excluding diaryl/α,β-unsaturated/α-hetero) is 1. The molecule has 78 valence electrons. The largest absolute Gasteiger partial charge is 0.309 e. The third-order valence-electron chi connectivity index (χ3n) is 2.07. The van der Waals surface area contributed by atoms with E-state index in [0.29, 0.717) is 12.0 Å². The van der Waals surface area contributed by atoms with Gasteiger partial charge in [0, 0.05) is 25.7 Å². The second-order valence-corrected chi connectivity index (χ2v) is 3.56. The fraction of sp³-hybridized carbons (Fsp3) is 0.600. The van der Waals surface area contributed by atoms with E-state index in [2.05, 4.69) is 5.10 Å². The monoisotopic (exact) mass is 195 g/mol. The van der Waals surface area contributed by atoms with Crippen molar-refractivity contribution in [2.75, 3.05) is 20.6 Å². The van der Waals surface area contributed by atoms with Crippen molar-refractivity contribution >= 4 is 5.78 Å². The van der Waals surface area contributed by atoms with E-state index in [1.807, 2.05) is 25.9 Å². The molecule has 1 heterocycles. The summed E-state index contributed by atoms with van der Waals surface area (Å²) >= 11 is 0. The highest BCUT2D eigenvalue weighted by molar-refractivity contribution is 5.95. The number of hydrogen-bond acceptors (Lipinski definition) is 3. The predicted octanol–water partition coefficient (Wildman–Crippen LogP) is 1.04. The van der Waals surface area contributed by atoms with Crippen molar-refractivity contribution in [2.45, 2.75) is 19.9 Å². The maximum Gasteiger partial charge on any atom is 0.167 e. The van der Waals surface area contributed by atoms with Gasteiger partial charge in [0.25, 0.3) is 0 Å². The Hall–Kier alpha value is -1.16. The van der Waals surface area contributed by atoms with E-state index in [1.165, 1.54) is 0 Å². The topological polar surface area (TPSA) is 38.1 Å². The second-order valence-electron chi connectivity index (χ2n) is 3.56. The van der Waals surface area contributed by atoms with Gasteiger partial charge in [-0.1, -0.05) is 0 Å². The van der Waals surface area contributed by atoms with Gasteiger partial charge in [-0.05, 0) is 21.0 Å². The molecule has 0 bridgehead atoms. The van der Waals surface area contributed by atoms with Crippen LogP contribution in [-0.4, -0.2) is 41.1 Å². The summed E-state index contributed by atoms with van der Waals surface area (Å²) in [4.78, 5) is 13.6. The van der Waals surface area contributed by atoms with Crippen molar-refractivity contribution in [3.8, 4) is 0 Å². The Morgan fingerprint density at radius 3 is 2.79 bits per heavy atom. The maximum atomic E-state index is 11.6. The zero-order chi connectivity index (χ0) is 10.6. The quantitative estimate of drug-likeness (QED) is 0.659. The molecule has 0 aliphatic heterocycles. The lowest BCUT2D eigenvalue weighted by molar-refractivity contribution is 0.0972. The third kappa shape index (κ3) is 2.96. The van der Waals surface area contributed by atoms with Gasteiger partial charge < -0.3 is 4.90 Å². The van der Waals surface area contributed by atoms with Crippen LogP contribution < -0.4 is 0 Å². The Kier molecular flexibility index (Phi) is 3.83. The lowest BCUT2D eigenvalue weighted by atomic mass is 10.2. The number of carbonyl (C=O) groups excluding carboxylic acids is 1. The van der Waals surface area contributed by atoms with Crippen molar-refractivity contribution in [2.24, 2.45) is 0 Å². The minimum absolute atomic E-state index is 0.165. The molecule has 0 aromatic carbocycles. The smallest absolute Gasteiger partial charge is 0.167 e. The Balaban J connectivity index is 2.52. The average molecular weight is 195 g/mol. The first kappa shape index (κ1) is 10.9. The minimum atomic E-state index is 0.165. The van der Waals surface area contributed by atoms with Crippen LogP contribution in [0, 0.1) is 0 Å². The molecule has 0 atom stereocenters. The van der Waals surface area contributed by atoms with E-state index >= 15 is 0 Å². The molecule has 0 amide bonds. The van der Waals surface area contributed by atoms with Gasteiger partial charge in [-0.2, -0.15) is 5.10 Å². The SMILES string of the molecule is CCn1cc(C(=O)CCN(C)C)cn1. The second kappa shape index (κ2) is 4.91. The zero-order valence-corrected chi connectivity index (χ0v) is 9.03. The third-order valence-corrected chi connectivity index (χ3v) is 2.07. The molecule has 0 unspecified atom stereocenters. The molecule has 0 aliphatic carbocycles. The highest BCUT2D eigenvalue weighted by Gasteiger charge is 2.08. The Bertz CT molecular complexity index is 304. The molecule has 0 radical (unpaired) electrons. The van der Waals surface area contributed by atoms with E-state index in [1.54, 1.807) is 17.1 Å². The predicted molar refractivity (Wildman–Crippen MR) is 55.4 cm³/mol. The maximum absolute atomic E-state index is 11.6. The summed E-state index contributed by atoms with van der Waals surface area (Å²) in [7, 11) is 3.92. The highest BCUT2D eigenvalue weighted by atomic mass is 16.1. The molecule has 4 nitrogen and oxygen atoms in total. The van der Waals surface area contributed by atoms with Crippen LogP contribution in [0.15, 0.2) is 12.4 Å². The molecule has 0 fully saturated rings. The standard InChI is InChI=1S/C10H17N3O/c1-4-13-8-9(7-11-13)10(14)5-6-12(2)3/h7-8H,4-6H2,1-3H3. The van der Waals surface area contributed by atoms with Gasteiger partial charge in [0.15, 0.2) is 5.78 Å². The molecule has 0 saturated heterocycles. The van der Waals surface area contributed by atoms with Gasteiger partial charge in [0.2, 0.25) is 0 Å². The van der Waals surface area contributed by atoms with E-state index in [-0.39, 0.29) is 5.78 Å². The van der Waals surface area contributed by atoms with E-state index in [0.717, 1.165) is 13.1 Å². The number of rotatable bonds is 5. The van der Waals surface area contributed by atoms with Crippen LogP contribution in [-0.2, 0) is 6.54 Å². The van der Waals surface area contributed by atoms with Gasteiger partial charge in [0.05, 0.1) is 11.8 Å². The summed E-state index contributed by atoms with van der Waals surface area (Å²) in [5.41, 5.74) is 0.716. The number of aryl methyl sites for hydroxylation is 1. The van der Waals surface area contributed by atoms with Gasteiger partial charge in [-0.3, -0.25) is 9.48 Å². The summed E-state index contributed by atoms with van der Waals surface area (Å²) in [6.45, 7) is 3.60. The first-order chi connectivity index (χ1) is 6.63. The molecule has 1 aromatic heterocycles. The number of aromatic nitrogens is 2. The summed E-state index contributed by atoms with van der Waals surface area (Å²) < 4.78 is 1.77. The molecular weight excluding hydrogens is 178 g/mol. The number of carbonyl (C=O) groups is 1. The van der Waals surface area contributed by atoms with Crippen molar-refractivity contribution in [3.63, 3.8) is 0 Å². The summed E-state index contributed by atoms with van der Waals surface area (Å²) in [6, 6.07) is 0. The Morgan fingerprint density at radius 2 is 2.29 bits per heavy atom. The fourth-order valence-electron chi connectivity index (χ4n) is 1.15. The molecule has 0 aliphatic rings. The van der Waals surface area contributed by atoms with Gasteiger partial charge in [-0.25, -0.2) is 0 Å². The lowest BCUT2D eigenvalue weighted by Gasteiger charge is -2.06. The number of hydrogen-bond donors (Lipinski definition) is 0. The first-order valence-corrected chi connectivity index (χ1v) is 4.84. The van der Waals surface area contributed by atoms with Crippen molar-refractivity contribution in [3.05, 3.63) is 18.0 Å². The molecular formula is C10H17N3O. The molecule has 14 heavy (non-hydrogen) atoms. The van der Waals surface area contributed by atoms with Gasteiger partial charge >= 0.3 is 0 Å². The van der Waals surface area contributed by atoms with Crippen LogP contribution in [0.3, 0.4) is 0 Å². The first-order valence-electron chi connectivity index (χ1n) is 4.84. The molecule has 0 saturated carbocycles. The summed E-state index contributed by atoms with van der Waals surface area (Å²) in [5, 5.41) is 4.07. The van der Waals surface area contributed by atoms with E-state index in [9.17, 15) is 4.79 Å². The van der Waals surface area contributed by atoms with Crippen molar-refractivity contribution < 1.29 is 4.79 Å². The molecule has 4 heteroatoms. The fourth-order valence-corrected chi connectivity index (χ4v) is 1.15. The van der Waals surface area contributed by atoms with Gasteiger partial charge in [-0.15, -0.1) is 0 Å². The van der Waals surface area contributed by atoms with Crippen LogP contribution in [0.1, 0.15) is 23.7 Å². The minimum Gasteiger partial charge on any atom is -0.309 e. The highest BCUT2D eigenvalue weighted by Crippen LogP contribution is 2.02. The summed E-state index contributed by atoms with van der Waals surface area (Å²) in [5.74, 6) is 0.165. The Labute approximate surface area is 84.5 Å². The van der Waals surface area contributed by atoms with Gasteiger partial charge in [0.1, 0.15) is 0 Å². The van der Waals surface area contributed by atoms with E-state index in [4.69, 9.17) is 0 Å². The number of ketones is 1. The van der Waals surface area contributed by atoms with Crippen LogP contribution in [0.25, 0.3) is 0 Å². The van der Waals surface area contributed by atoms with E-state index < -0.39 is 0 Å². The molecule has 1 aromatic rings. The van der Waals surface area contributed by atoms with Crippen LogP contribution in [0.2, 0.25) is 0 Å². The molecule has 0 spiro atoms. The van der Waals surface area contributed by atoms with Crippen molar-refractivity contribution in [1.82, 2.24) is 14.7 Å². The van der Waals surface area contributed by atoms with Crippen LogP contribution in [0.4, 0.5) is 0 Å². The number of nitrogens with zero attached hydrogens (tertiary/aromatic N) is 3. The molecule has 0 N–H and O–H groups in total. The zero-order valence-electron chi connectivity index (χ0n) is 9.03. The average Bonchev–Trinajstić information content (AvgIpc) is 2.62. The normalized spacial score (nSPS) is 10.9. The van der Waals surface area contributed by atoms with Crippen LogP contribution >= 0.6 is 0 Å². The molecule has 1 rings (SSSR count). The van der Waals surface area contributed by atoms with Crippen LogP contribution in [0.5, 0.6) is 0 Å². The Morgan fingerprint density at radius 1 is 1.57 bits per heavy atom. The summed E-state index contributed by atoms with van der Waals surface area (Å²) in [6.07, 6.45) is 4.00. The van der Waals surface area contributed by atoms with Crippen molar-refractivity contribution in [1.29, 1.82) is 0 Å². The lowest BCUT2D eigenvalue weighted by Crippen LogP contribution is -2.16.